The molecule has 0 spiro atoms. The summed E-state index contributed by atoms with van der Waals surface area (Å²) in [7, 11) is 0. The van der Waals surface area contributed by atoms with Gasteiger partial charge in [0, 0.05) is 17.5 Å². The standard InChI is InChI=1S/C25H33N3/c1-16-6-5-8-22(17(16)2)28-24-21(7-3-4-9-26-24)23(27-28)25-13-18-10-19(14-25)12-20(11-18)15-25/h5-6,8,18-20,26H,3-4,7,9-15H2,1-2H3. The van der Waals surface area contributed by atoms with E-state index in [9.17, 15) is 0 Å². The van der Waals surface area contributed by atoms with Gasteiger partial charge in [-0.15, -0.1) is 0 Å². The van der Waals surface area contributed by atoms with E-state index in [4.69, 9.17) is 5.10 Å². The van der Waals surface area contributed by atoms with Gasteiger partial charge in [-0.05, 0) is 107 Å². The smallest absolute Gasteiger partial charge is 0.133 e. The van der Waals surface area contributed by atoms with E-state index < -0.39 is 0 Å². The fourth-order valence-electron chi connectivity index (χ4n) is 7.47. The van der Waals surface area contributed by atoms with Crippen molar-refractivity contribution in [1.82, 2.24) is 9.78 Å². The molecule has 0 saturated heterocycles. The zero-order valence-corrected chi connectivity index (χ0v) is 17.4. The highest BCUT2D eigenvalue weighted by Crippen LogP contribution is 2.61. The molecule has 4 fully saturated rings. The monoisotopic (exact) mass is 375 g/mol. The highest BCUT2D eigenvalue weighted by molar-refractivity contribution is 5.58. The molecule has 4 aliphatic carbocycles. The summed E-state index contributed by atoms with van der Waals surface area (Å²) in [5.74, 6) is 4.20. The fourth-order valence-corrected chi connectivity index (χ4v) is 7.47. The summed E-state index contributed by atoms with van der Waals surface area (Å²) in [6.07, 6.45) is 12.4. The van der Waals surface area contributed by atoms with Gasteiger partial charge < -0.3 is 5.32 Å². The third-order valence-corrected chi connectivity index (χ3v) is 8.47. The van der Waals surface area contributed by atoms with Gasteiger partial charge in [0.25, 0.3) is 0 Å². The summed E-state index contributed by atoms with van der Waals surface area (Å²) in [5, 5.41) is 9.24. The molecule has 28 heavy (non-hydrogen) atoms. The molecule has 0 atom stereocenters. The number of nitrogens with zero attached hydrogens (tertiary/aromatic N) is 2. The van der Waals surface area contributed by atoms with Crippen LogP contribution in [0.4, 0.5) is 5.82 Å². The van der Waals surface area contributed by atoms with E-state index in [0.29, 0.717) is 5.41 Å². The lowest BCUT2D eigenvalue weighted by Gasteiger charge is -2.56. The first kappa shape index (κ1) is 17.1. The Morgan fingerprint density at radius 2 is 1.71 bits per heavy atom. The van der Waals surface area contributed by atoms with Gasteiger partial charge in [-0.25, -0.2) is 4.68 Å². The Kier molecular flexibility index (Phi) is 3.74. The molecule has 0 amide bonds. The van der Waals surface area contributed by atoms with Crippen molar-refractivity contribution in [3.05, 3.63) is 40.6 Å². The first-order chi connectivity index (χ1) is 13.6. The molecule has 2 heterocycles. The summed E-state index contributed by atoms with van der Waals surface area (Å²) >= 11 is 0. The molecular formula is C25H33N3. The summed E-state index contributed by atoms with van der Waals surface area (Å²) in [6.45, 7) is 5.54. The number of aryl methyl sites for hydroxylation is 1. The molecule has 0 unspecified atom stereocenters. The number of anilines is 1. The molecule has 7 rings (SSSR count). The van der Waals surface area contributed by atoms with Crippen molar-refractivity contribution in [3.63, 3.8) is 0 Å². The predicted molar refractivity (Wildman–Crippen MR) is 114 cm³/mol. The maximum Gasteiger partial charge on any atom is 0.133 e. The lowest BCUT2D eigenvalue weighted by atomic mass is 9.48. The van der Waals surface area contributed by atoms with Gasteiger partial charge in [-0.1, -0.05) is 12.1 Å². The topological polar surface area (TPSA) is 29.9 Å². The highest BCUT2D eigenvalue weighted by Gasteiger charge is 2.53. The Hall–Kier alpha value is -1.77. The largest absolute Gasteiger partial charge is 0.370 e. The van der Waals surface area contributed by atoms with E-state index in [0.717, 1.165) is 24.3 Å². The predicted octanol–water partition coefficient (Wildman–Crippen LogP) is 5.71. The van der Waals surface area contributed by atoms with Crippen molar-refractivity contribution in [3.8, 4) is 5.69 Å². The average Bonchev–Trinajstić information content (AvgIpc) is 2.86. The zero-order chi connectivity index (χ0) is 18.9. The lowest BCUT2D eigenvalue weighted by molar-refractivity contribution is -0.00773. The van der Waals surface area contributed by atoms with E-state index in [2.05, 4.69) is 42.0 Å². The zero-order valence-electron chi connectivity index (χ0n) is 17.4. The number of hydrogen-bond donors (Lipinski definition) is 1. The molecule has 1 aromatic heterocycles. The summed E-state index contributed by atoms with van der Waals surface area (Å²) in [6, 6.07) is 6.66. The SMILES string of the molecule is Cc1cccc(-n2nc(C34CC5CC(CC(C5)C3)C4)c3c2NCCCC3)c1C. The number of nitrogens with one attached hydrogen (secondary N) is 1. The molecular weight excluding hydrogens is 342 g/mol. The van der Waals surface area contributed by atoms with Gasteiger partial charge in [0.1, 0.15) is 5.82 Å². The van der Waals surface area contributed by atoms with Gasteiger partial charge >= 0.3 is 0 Å². The highest BCUT2D eigenvalue weighted by atomic mass is 15.3. The first-order valence-electron chi connectivity index (χ1n) is 11.6. The van der Waals surface area contributed by atoms with Crippen LogP contribution in [0.1, 0.15) is 73.8 Å². The minimum atomic E-state index is 0.369. The minimum Gasteiger partial charge on any atom is -0.370 e. The van der Waals surface area contributed by atoms with E-state index in [1.807, 2.05) is 0 Å². The molecule has 4 saturated carbocycles. The second-order valence-corrected chi connectivity index (χ2v) is 10.4. The molecule has 148 valence electrons. The lowest BCUT2D eigenvalue weighted by Crippen LogP contribution is -2.49. The second kappa shape index (κ2) is 6.11. The van der Waals surface area contributed by atoms with Crippen molar-refractivity contribution in [2.24, 2.45) is 17.8 Å². The first-order valence-corrected chi connectivity index (χ1v) is 11.6. The minimum absolute atomic E-state index is 0.369. The van der Waals surface area contributed by atoms with E-state index in [1.165, 1.54) is 86.1 Å². The molecule has 3 nitrogen and oxygen atoms in total. The fraction of sp³-hybridized carbons (Fsp3) is 0.640. The summed E-state index contributed by atoms with van der Waals surface area (Å²) in [5.41, 5.74) is 7.38. The number of hydrogen-bond acceptors (Lipinski definition) is 2. The number of fused-ring (bicyclic) bond motifs is 1. The van der Waals surface area contributed by atoms with Crippen molar-refractivity contribution in [2.75, 3.05) is 11.9 Å². The van der Waals surface area contributed by atoms with Crippen LogP contribution in [0.25, 0.3) is 5.69 Å². The normalized spacial score (nSPS) is 33.4. The van der Waals surface area contributed by atoms with Gasteiger partial charge in [0.05, 0.1) is 11.4 Å². The van der Waals surface area contributed by atoms with Crippen molar-refractivity contribution in [2.45, 2.75) is 77.0 Å². The second-order valence-electron chi connectivity index (χ2n) is 10.4. The van der Waals surface area contributed by atoms with Crippen LogP contribution in [-0.4, -0.2) is 16.3 Å². The van der Waals surface area contributed by atoms with Crippen LogP contribution in [0.3, 0.4) is 0 Å². The Labute approximate surface area is 168 Å². The Morgan fingerprint density at radius 3 is 2.43 bits per heavy atom. The van der Waals surface area contributed by atoms with E-state index in [1.54, 1.807) is 5.56 Å². The Balaban J connectivity index is 1.53. The van der Waals surface area contributed by atoms with Crippen LogP contribution < -0.4 is 5.32 Å². The third-order valence-electron chi connectivity index (χ3n) is 8.47. The van der Waals surface area contributed by atoms with Gasteiger partial charge in [-0.3, -0.25) is 0 Å². The summed E-state index contributed by atoms with van der Waals surface area (Å²) < 4.78 is 2.29. The summed E-state index contributed by atoms with van der Waals surface area (Å²) in [4.78, 5) is 0. The Morgan fingerprint density at radius 1 is 1.00 bits per heavy atom. The van der Waals surface area contributed by atoms with Gasteiger partial charge in [-0.2, -0.15) is 5.10 Å². The molecule has 3 heteroatoms. The van der Waals surface area contributed by atoms with Crippen LogP contribution in [0.15, 0.2) is 18.2 Å². The van der Waals surface area contributed by atoms with Crippen molar-refractivity contribution < 1.29 is 0 Å². The van der Waals surface area contributed by atoms with E-state index in [-0.39, 0.29) is 0 Å². The molecule has 1 aliphatic heterocycles. The molecule has 4 bridgehead atoms. The molecule has 5 aliphatic rings. The molecule has 1 aromatic carbocycles. The average molecular weight is 376 g/mol. The van der Waals surface area contributed by atoms with Crippen LogP contribution in [-0.2, 0) is 11.8 Å². The number of aromatic nitrogens is 2. The van der Waals surface area contributed by atoms with Crippen molar-refractivity contribution >= 4 is 5.82 Å². The van der Waals surface area contributed by atoms with Crippen LogP contribution >= 0.6 is 0 Å². The quantitative estimate of drug-likeness (QED) is 0.729. The van der Waals surface area contributed by atoms with Crippen molar-refractivity contribution in [1.29, 1.82) is 0 Å². The van der Waals surface area contributed by atoms with Gasteiger partial charge in [0.15, 0.2) is 0 Å². The molecule has 2 aromatic rings. The third kappa shape index (κ3) is 2.44. The van der Waals surface area contributed by atoms with Gasteiger partial charge in [0.2, 0.25) is 0 Å². The number of benzene rings is 1. The number of rotatable bonds is 2. The maximum atomic E-state index is 5.45. The Bertz CT molecular complexity index is 887. The molecule has 1 N–H and O–H groups in total. The van der Waals surface area contributed by atoms with Crippen LogP contribution in [0, 0.1) is 31.6 Å². The van der Waals surface area contributed by atoms with Crippen LogP contribution in [0.2, 0.25) is 0 Å². The van der Waals surface area contributed by atoms with E-state index >= 15 is 0 Å². The molecule has 0 radical (unpaired) electrons. The maximum absolute atomic E-state index is 5.45. The van der Waals surface area contributed by atoms with Crippen LogP contribution in [0.5, 0.6) is 0 Å².